The van der Waals surface area contributed by atoms with Crippen LogP contribution in [-0.4, -0.2) is 24.9 Å². The van der Waals surface area contributed by atoms with Crippen LogP contribution in [0.25, 0.3) is 0 Å². The van der Waals surface area contributed by atoms with Gasteiger partial charge >= 0.3 is 0 Å². The van der Waals surface area contributed by atoms with Gasteiger partial charge < -0.3 is 0 Å². The fourth-order valence-electron chi connectivity index (χ4n) is 2.41. The fourth-order valence-corrected chi connectivity index (χ4v) is 2.41. The lowest BCUT2D eigenvalue weighted by molar-refractivity contribution is 0.0185. The average molecular weight is 243 g/mol. The summed E-state index contributed by atoms with van der Waals surface area (Å²) in [4.78, 5) is 2.06. The van der Waals surface area contributed by atoms with E-state index in [1.807, 2.05) is 7.05 Å². The van der Waals surface area contributed by atoms with Gasteiger partial charge in [0, 0.05) is 12.0 Å². The van der Waals surface area contributed by atoms with Gasteiger partial charge in [-0.15, -0.1) is 0 Å². The summed E-state index contributed by atoms with van der Waals surface area (Å²) in [7, 11) is 1.93. The molecule has 0 amide bonds. The summed E-state index contributed by atoms with van der Waals surface area (Å²) in [6, 6.07) is 6.11. The maximum atomic E-state index is 12.8. The highest BCUT2D eigenvalue weighted by Gasteiger charge is 2.32. The maximum absolute atomic E-state index is 12.8. The Morgan fingerprint density at radius 2 is 1.88 bits per heavy atom. The normalized spacial score (nSPS) is 26.4. The second-order valence-corrected chi connectivity index (χ2v) is 4.67. The van der Waals surface area contributed by atoms with E-state index in [0.29, 0.717) is 19.4 Å². The SMILES string of the molecule is CN1CC[C@H](C(F)F)C[C@@H]1c1ccc(F)cc1. The quantitative estimate of drug-likeness (QED) is 0.768. The summed E-state index contributed by atoms with van der Waals surface area (Å²) in [5.41, 5.74) is 0.916. The molecule has 0 spiro atoms. The van der Waals surface area contributed by atoms with E-state index in [9.17, 15) is 13.2 Å². The summed E-state index contributed by atoms with van der Waals surface area (Å²) in [6.45, 7) is 0.664. The Bertz CT molecular complexity index is 363. The molecule has 2 atom stereocenters. The Hall–Kier alpha value is -1.03. The predicted octanol–water partition coefficient (Wildman–Crippen LogP) is 3.47. The molecule has 94 valence electrons. The van der Waals surface area contributed by atoms with Crippen LogP contribution in [0.3, 0.4) is 0 Å². The van der Waals surface area contributed by atoms with Crippen molar-refractivity contribution >= 4 is 0 Å². The number of nitrogens with zero attached hydrogens (tertiary/aromatic N) is 1. The second-order valence-electron chi connectivity index (χ2n) is 4.67. The van der Waals surface area contributed by atoms with Crippen LogP contribution < -0.4 is 0 Å². The van der Waals surface area contributed by atoms with Crippen molar-refractivity contribution in [3.05, 3.63) is 35.6 Å². The molecule has 4 heteroatoms. The molecule has 1 aromatic carbocycles. The first-order valence-corrected chi connectivity index (χ1v) is 5.82. The van der Waals surface area contributed by atoms with E-state index < -0.39 is 12.3 Å². The molecule has 0 N–H and O–H groups in total. The minimum absolute atomic E-state index is 0.0247. The standard InChI is InChI=1S/C13H16F3N/c1-17-7-6-10(13(15)16)8-12(17)9-2-4-11(14)5-3-9/h2-5,10,12-13H,6-8H2,1H3/t10-,12+/m0/s1. The molecular formula is C13H16F3N. The van der Waals surface area contributed by atoms with Crippen molar-refractivity contribution in [2.24, 2.45) is 5.92 Å². The molecule has 17 heavy (non-hydrogen) atoms. The number of piperidine rings is 1. The van der Waals surface area contributed by atoms with Crippen molar-refractivity contribution in [2.45, 2.75) is 25.3 Å². The fraction of sp³-hybridized carbons (Fsp3) is 0.538. The Balaban J connectivity index is 2.15. The van der Waals surface area contributed by atoms with Crippen LogP contribution in [0, 0.1) is 11.7 Å². The van der Waals surface area contributed by atoms with Crippen molar-refractivity contribution in [3.63, 3.8) is 0 Å². The third-order valence-corrected chi connectivity index (χ3v) is 3.52. The van der Waals surface area contributed by atoms with Gasteiger partial charge in [-0.1, -0.05) is 12.1 Å². The molecule has 2 rings (SSSR count). The largest absolute Gasteiger partial charge is 0.299 e. The highest BCUT2D eigenvalue weighted by molar-refractivity contribution is 5.20. The number of halogens is 3. The lowest BCUT2D eigenvalue weighted by atomic mass is 9.88. The van der Waals surface area contributed by atoms with Gasteiger partial charge in [-0.05, 0) is 44.1 Å². The van der Waals surface area contributed by atoms with Crippen LogP contribution in [0.15, 0.2) is 24.3 Å². The first-order valence-electron chi connectivity index (χ1n) is 5.82. The van der Waals surface area contributed by atoms with Crippen LogP contribution in [0.1, 0.15) is 24.4 Å². The molecule has 1 aliphatic rings. The zero-order valence-corrected chi connectivity index (χ0v) is 9.74. The van der Waals surface area contributed by atoms with Gasteiger partial charge in [-0.25, -0.2) is 13.2 Å². The molecule has 1 heterocycles. The van der Waals surface area contributed by atoms with Crippen LogP contribution in [0.2, 0.25) is 0 Å². The van der Waals surface area contributed by atoms with Gasteiger partial charge in [-0.3, -0.25) is 4.90 Å². The number of hydrogen-bond donors (Lipinski definition) is 0. The molecule has 1 fully saturated rings. The molecule has 0 saturated carbocycles. The number of hydrogen-bond acceptors (Lipinski definition) is 1. The second kappa shape index (κ2) is 5.08. The third-order valence-electron chi connectivity index (χ3n) is 3.52. The molecule has 0 radical (unpaired) electrons. The first kappa shape index (κ1) is 12.4. The molecule has 0 aliphatic carbocycles. The minimum Gasteiger partial charge on any atom is -0.299 e. The molecule has 1 aliphatic heterocycles. The summed E-state index contributed by atoms with van der Waals surface area (Å²) in [6.07, 6.45) is -1.28. The Morgan fingerprint density at radius 3 is 2.47 bits per heavy atom. The maximum Gasteiger partial charge on any atom is 0.241 e. The van der Waals surface area contributed by atoms with Crippen LogP contribution >= 0.6 is 0 Å². The molecule has 1 nitrogen and oxygen atoms in total. The highest BCUT2D eigenvalue weighted by Crippen LogP contribution is 2.35. The van der Waals surface area contributed by atoms with E-state index in [-0.39, 0.29) is 11.9 Å². The van der Waals surface area contributed by atoms with Gasteiger partial charge in [0.15, 0.2) is 0 Å². The van der Waals surface area contributed by atoms with Crippen LogP contribution in [0.4, 0.5) is 13.2 Å². The third kappa shape index (κ3) is 2.80. The van der Waals surface area contributed by atoms with E-state index in [2.05, 4.69) is 4.90 Å². The van der Waals surface area contributed by atoms with Crippen molar-refractivity contribution < 1.29 is 13.2 Å². The Labute approximate surface area is 99.2 Å². The van der Waals surface area contributed by atoms with Gasteiger partial charge in [-0.2, -0.15) is 0 Å². The van der Waals surface area contributed by atoms with Gasteiger partial charge in [0.25, 0.3) is 0 Å². The average Bonchev–Trinajstić information content (AvgIpc) is 2.31. The molecule has 1 saturated heterocycles. The van der Waals surface area contributed by atoms with Crippen LogP contribution in [0.5, 0.6) is 0 Å². The van der Waals surface area contributed by atoms with E-state index in [4.69, 9.17) is 0 Å². The van der Waals surface area contributed by atoms with Crippen molar-refractivity contribution in [1.82, 2.24) is 4.90 Å². The van der Waals surface area contributed by atoms with E-state index in [0.717, 1.165) is 5.56 Å². The zero-order valence-electron chi connectivity index (χ0n) is 9.74. The van der Waals surface area contributed by atoms with Gasteiger partial charge in [0.05, 0.1) is 0 Å². The number of benzene rings is 1. The first-order chi connectivity index (χ1) is 8.08. The minimum atomic E-state index is -2.26. The lowest BCUT2D eigenvalue weighted by Crippen LogP contribution is -2.36. The monoisotopic (exact) mass is 243 g/mol. The number of likely N-dealkylation sites (tertiary alicyclic amines) is 1. The summed E-state index contributed by atoms with van der Waals surface area (Å²) < 4.78 is 38.3. The molecule has 0 aromatic heterocycles. The van der Waals surface area contributed by atoms with E-state index >= 15 is 0 Å². The highest BCUT2D eigenvalue weighted by atomic mass is 19.3. The number of alkyl halides is 2. The molecule has 0 bridgehead atoms. The molecular weight excluding hydrogens is 227 g/mol. The smallest absolute Gasteiger partial charge is 0.241 e. The van der Waals surface area contributed by atoms with Crippen LogP contribution in [-0.2, 0) is 0 Å². The lowest BCUT2D eigenvalue weighted by Gasteiger charge is -2.37. The molecule has 1 aromatic rings. The summed E-state index contributed by atoms with van der Waals surface area (Å²) in [5.74, 6) is -0.834. The van der Waals surface area contributed by atoms with E-state index in [1.165, 1.54) is 12.1 Å². The van der Waals surface area contributed by atoms with Gasteiger partial charge in [0.1, 0.15) is 5.82 Å². The summed E-state index contributed by atoms with van der Waals surface area (Å²) >= 11 is 0. The Kier molecular flexibility index (Phi) is 3.72. The summed E-state index contributed by atoms with van der Waals surface area (Å²) in [5, 5.41) is 0. The van der Waals surface area contributed by atoms with Crippen molar-refractivity contribution in [2.75, 3.05) is 13.6 Å². The van der Waals surface area contributed by atoms with Gasteiger partial charge in [0.2, 0.25) is 6.43 Å². The number of rotatable bonds is 2. The zero-order chi connectivity index (χ0) is 12.4. The molecule has 0 unspecified atom stereocenters. The van der Waals surface area contributed by atoms with Crippen molar-refractivity contribution in [1.29, 1.82) is 0 Å². The topological polar surface area (TPSA) is 3.24 Å². The predicted molar refractivity (Wildman–Crippen MR) is 60.5 cm³/mol. The Morgan fingerprint density at radius 1 is 1.24 bits per heavy atom. The van der Waals surface area contributed by atoms with Crippen molar-refractivity contribution in [3.8, 4) is 0 Å². The van der Waals surface area contributed by atoms with E-state index in [1.54, 1.807) is 12.1 Å².